The molecule has 10 rings (SSSR count). The van der Waals surface area contributed by atoms with Crippen LogP contribution in [-0.4, -0.2) is 27.8 Å². The molecule has 6 aromatic carbocycles. The SMILES string of the molecule is CC(C)c1cc(-c2ccccc2)cc(C(C)C)c1-n1c(-c2[c-]ccc3c2oc2cc(C(C)(C)C)ccc23)nc2ccccc21.[CH3][Ge]([CH3])([CH3])[c]1cnc(-c2[c-]cccc2)cc1C1CCCCC1.[Ir]. The largest absolute Gasteiger partial charge is 0 e. The number of rotatable bonds is 8. The Hall–Kier alpha value is -5.07. The number of furan rings is 1. The minimum Gasteiger partial charge on any atom is 0 e. The summed E-state index contributed by atoms with van der Waals surface area (Å²) in [4.78, 5) is 10.1. The van der Waals surface area contributed by atoms with Crippen LogP contribution in [0.25, 0.3) is 72.4 Å². The third-order valence-electron chi connectivity index (χ3n) is 13.6. The van der Waals surface area contributed by atoms with Crippen LogP contribution >= 0.6 is 0 Å². The van der Waals surface area contributed by atoms with Gasteiger partial charge in [-0.1, -0.05) is 114 Å². The van der Waals surface area contributed by atoms with Gasteiger partial charge in [-0.05, 0) is 75.4 Å². The fourth-order valence-electron chi connectivity index (χ4n) is 9.96. The van der Waals surface area contributed by atoms with Crippen molar-refractivity contribution in [3.8, 4) is 39.5 Å². The molecule has 3 heterocycles. The third kappa shape index (κ3) is 9.94. The molecule has 3 aromatic heterocycles. The number of hydrogen-bond donors (Lipinski definition) is 0. The van der Waals surface area contributed by atoms with Gasteiger partial charge in [-0.25, -0.2) is 0 Å². The molecule has 0 saturated heterocycles. The Balaban J connectivity index is 0.000000223. The quantitative estimate of drug-likeness (QED) is 0.112. The molecule has 67 heavy (non-hydrogen) atoms. The van der Waals surface area contributed by atoms with E-state index in [1.807, 2.05) is 18.2 Å². The topological polar surface area (TPSA) is 43.9 Å². The van der Waals surface area contributed by atoms with Gasteiger partial charge < -0.3 is 8.98 Å². The Morgan fingerprint density at radius 3 is 2.04 bits per heavy atom. The van der Waals surface area contributed by atoms with Gasteiger partial charge in [0.25, 0.3) is 0 Å². The molecule has 1 aliphatic carbocycles. The van der Waals surface area contributed by atoms with Gasteiger partial charge in [0.2, 0.25) is 0 Å². The van der Waals surface area contributed by atoms with Crippen molar-refractivity contribution in [3.63, 3.8) is 0 Å². The summed E-state index contributed by atoms with van der Waals surface area (Å²) in [6.45, 7) is 15.9. The number of fused-ring (bicyclic) bond motifs is 4. The molecule has 0 spiro atoms. The van der Waals surface area contributed by atoms with Crippen molar-refractivity contribution >= 4 is 50.6 Å². The van der Waals surface area contributed by atoms with E-state index in [0.717, 1.165) is 61.5 Å². The molecular formula is C61H65GeIrN3O-2. The van der Waals surface area contributed by atoms with Gasteiger partial charge in [-0.2, -0.15) is 0 Å². The molecule has 6 heteroatoms. The van der Waals surface area contributed by atoms with Gasteiger partial charge in [0.1, 0.15) is 5.58 Å². The molecular weight excluding hydrogens is 1060 g/mol. The predicted molar refractivity (Wildman–Crippen MR) is 282 cm³/mol. The first-order chi connectivity index (χ1) is 31.7. The van der Waals surface area contributed by atoms with Crippen molar-refractivity contribution in [1.82, 2.24) is 14.5 Å². The minimum atomic E-state index is -1.89. The molecule has 1 aliphatic rings. The van der Waals surface area contributed by atoms with E-state index >= 15 is 0 Å². The van der Waals surface area contributed by atoms with Crippen LogP contribution in [0, 0.1) is 12.1 Å². The van der Waals surface area contributed by atoms with Crippen molar-refractivity contribution in [2.75, 3.05) is 0 Å². The van der Waals surface area contributed by atoms with Crippen LogP contribution in [0.5, 0.6) is 0 Å². The molecule has 4 nitrogen and oxygen atoms in total. The predicted octanol–water partition coefficient (Wildman–Crippen LogP) is 16.7. The van der Waals surface area contributed by atoms with E-state index in [2.05, 4.69) is 198 Å². The molecule has 345 valence electrons. The van der Waals surface area contributed by atoms with Gasteiger partial charge >= 0.3 is 137 Å². The van der Waals surface area contributed by atoms with E-state index in [9.17, 15) is 0 Å². The molecule has 1 fully saturated rings. The molecule has 1 saturated carbocycles. The Bertz CT molecular complexity index is 3110. The second kappa shape index (κ2) is 19.9. The average Bonchev–Trinajstić information content (AvgIpc) is 3.90. The standard InChI is InChI=1S/C41H39N2O.C20H26GeN.Ir/c1-25(2)33-22-28(27-14-9-8-10-15-27)23-34(26(3)4)38(33)43-36-19-12-11-18-35(36)42-40(43)32-17-13-16-31-30-21-20-29(41(5,6)7)24-37(30)44-39(31)32;1-21(2,3)19-15-22-20(17-12-8-5-9-13-17)14-18(19)16-10-6-4-7-11-16;/h8-16,18-26H,1-7H3;5,8-9,12,14-16H,4,6-7,10-11H2,1-3H3;/q2*-1;. The van der Waals surface area contributed by atoms with Crippen LogP contribution in [0.15, 0.2) is 138 Å². The maximum Gasteiger partial charge on any atom is 0 e. The first-order valence-corrected chi connectivity index (χ1v) is 31.6. The van der Waals surface area contributed by atoms with Crippen LogP contribution in [0.1, 0.15) is 121 Å². The van der Waals surface area contributed by atoms with E-state index in [1.54, 1.807) is 9.96 Å². The summed E-state index contributed by atoms with van der Waals surface area (Å²) in [5, 5.41) is 2.20. The van der Waals surface area contributed by atoms with Gasteiger partial charge in [0.05, 0.1) is 22.4 Å². The first kappa shape index (κ1) is 48.4. The van der Waals surface area contributed by atoms with Crippen LogP contribution < -0.4 is 4.40 Å². The average molecular weight is 1120 g/mol. The number of benzene rings is 6. The van der Waals surface area contributed by atoms with Crippen molar-refractivity contribution < 1.29 is 24.5 Å². The first-order valence-electron chi connectivity index (χ1n) is 24.2. The van der Waals surface area contributed by atoms with Gasteiger partial charge in [0, 0.05) is 31.2 Å². The zero-order valence-corrected chi connectivity index (χ0v) is 45.5. The van der Waals surface area contributed by atoms with E-state index in [1.165, 1.54) is 65.6 Å². The van der Waals surface area contributed by atoms with E-state index < -0.39 is 13.3 Å². The number of hydrogen-bond acceptors (Lipinski definition) is 3. The minimum absolute atomic E-state index is 0. The van der Waals surface area contributed by atoms with Gasteiger partial charge in [0.15, 0.2) is 0 Å². The number of nitrogens with zero attached hydrogens (tertiary/aromatic N) is 3. The monoisotopic (exact) mass is 1120 g/mol. The normalized spacial score (nSPS) is 13.6. The Labute approximate surface area is 415 Å². The maximum absolute atomic E-state index is 6.71. The third-order valence-corrected chi connectivity index (χ3v) is 17.9. The van der Waals surface area contributed by atoms with Crippen LogP contribution in [0.4, 0.5) is 0 Å². The van der Waals surface area contributed by atoms with Crippen molar-refractivity contribution in [2.24, 2.45) is 0 Å². The fraction of sp³-hybridized carbons (Fsp3) is 0.311. The van der Waals surface area contributed by atoms with Crippen LogP contribution in [0.2, 0.25) is 17.3 Å². The molecule has 0 unspecified atom stereocenters. The zero-order chi connectivity index (χ0) is 46.3. The number of aromatic nitrogens is 3. The van der Waals surface area contributed by atoms with Crippen LogP contribution in [0.3, 0.4) is 0 Å². The summed E-state index contributed by atoms with van der Waals surface area (Å²) in [5.74, 6) is 9.64. The van der Waals surface area contributed by atoms with Crippen molar-refractivity contribution in [1.29, 1.82) is 0 Å². The summed E-state index contributed by atoms with van der Waals surface area (Å²) in [6.07, 6.45) is 9.08. The smallest absolute Gasteiger partial charge is 0 e. The molecule has 1 radical (unpaired) electrons. The molecule has 0 atom stereocenters. The molecule has 0 aliphatic heterocycles. The Kier molecular flexibility index (Phi) is 14.4. The zero-order valence-electron chi connectivity index (χ0n) is 41.1. The molecule has 0 N–H and O–H groups in total. The maximum atomic E-state index is 6.71. The molecule has 0 bridgehead atoms. The van der Waals surface area contributed by atoms with Crippen molar-refractivity contribution in [2.45, 2.75) is 121 Å². The fourth-order valence-corrected chi connectivity index (χ4v) is 13.3. The summed E-state index contributed by atoms with van der Waals surface area (Å²) in [7, 11) is 0. The number of imidazole rings is 1. The summed E-state index contributed by atoms with van der Waals surface area (Å²) in [5.41, 5.74) is 16.0. The van der Waals surface area contributed by atoms with E-state index in [-0.39, 0.29) is 25.5 Å². The summed E-state index contributed by atoms with van der Waals surface area (Å²) in [6, 6.07) is 52.1. The van der Waals surface area contributed by atoms with Crippen molar-refractivity contribution in [3.05, 3.63) is 168 Å². The van der Waals surface area contributed by atoms with Gasteiger partial charge in [-0.3, -0.25) is 4.98 Å². The van der Waals surface area contributed by atoms with E-state index in [4.69, 9.17) is 14.4 Å². The number of para-hydroxylation sites is 2. The summed E-state index contributed by atoms with van der Waals surface area (Å²) >= 11 is -1.89. The number of pyridine rings is 1. The second-order valence-corrected chi connectivity index (χ2v) is 31.7. The Morgan fingerprint density at radius 1 is 0.701 bits per heavy atom. The Morgan fingerprint density at radius 2 is 1.39 bits per heavy atom. The van der Waals surface area contributed by atoms with Crippen LogP contribution in [-0.2, 0) is 25.5 Å². The second-order valence-electron chi connectivity index (χ2n) is 21.1. The molecule has 0 amide bonds. The summed E-state index contributed by atoms with van der Waals surface area (Å²) < 4.78 is 10.7. The van der Waals surface area contributed by atoms with Gasteiger partial charge in [-0.15, -0.1) is 18.2 Å². The van der Waals surface area contributed by atoms with E-state index in [0.29, 0.717) is 11.8 Å². The molecule has 9 aromatic rings.